The van der Waals surface area contributed by atoms with Crippen molar-refractivity contribution in [2.75, 3.05) is 10.6 Å². The van der Waals surface area contributed by atoms with E-state index in [0.29, 0.717) is 11.3 Å². The molecule has 1 aromatic carbocycles. The first kappa shape index (κ1) is 13.2. The van der Waals surface area contributed by atoms with Gasteiger partial charge in [0.15, 0.2) is 0 Å². The highest BCUT2D eigenvalue weighted by Gasteiger charge is 2.10. The van der Waals surface area contributed by atoms with E-state index in [2.05, 4.69) is 10.6 Å². The van der Waals surface area contributed by atoms with E-state index in [4.69, 9.17) is 0 Å². The first-order valence-corrected chi connectivity index (χ1v) is 6.41. The first-order valence-electron chi connectivity index (χ1n) is 5.47. The van der Waals surface area contributed by atoms with Crippen LogP contribution in [0.2, 0.25) is 0 Å². The van der Waals surface area contributed by atoms with Crippen LogP contribution in [-0.2, 0) is 4.79 Å². The van der Waals surface area contributed by atoms with Crippen molar-refractivity contribution in [2.24, 2.45) is 0 Å². The Labute approximate surface area is 113 Å². The van der Waals surface area contributed by atoms with Crippen molar-refractivity contribution < 1.29 is 14.0 Å². The normalized spacial score (nSPS) is 10.0. The lowest BCUT2D eigenvalue weighted by Gasteiger charge is -2.08. The van der Waals surface area contributed by atoms with Crippen molar-refractivity contribution in [3.8, 4) is 0 Å². The van der Waals surface area contributed by atoms with Gasteiger partial charge in [-0.1, -0.05) is 0 Å². The molecule has 0 aliphatic rings. The van der Waals surface area contributed by atoms with E-state index in [-0.39, 0.29) is 17.5 Å². The number of thiophene rings is 1. The predicted octanol–water partition coefficient (Wildman–Crippen LogP) is 3.10. The van der Waals surface area contributed by atoms with E-state index in [1.165, 1.54) is 36.5 Å². The maximum atomic E-state index is 13.6. The second kappa shape index (κ2) is 5.62. The average Bonchev–Trinajstić information content (AvgIpc) is 2.86. The summed E-state index contributed by atoms with van der Waals surface area (Å²) in [4.78, 5) is 22.7. The largest absolute Gasteiger partial charge is 0.326 e. The zero-order valence-corrected chi connectivity index (χ0v) is 10.9. The van der Waals surface area contributed by atoms with Crippen LogP contribution in [0.3, 0.4) is 0 Å². The third-order valence-electron chi connectivity index (χ3n) is 2.32. The molecule has 19 heavy (non-hydrogen) atoms. The van der Waals surface area contributed by atoms with Gasteiger partial charge in [-0.05, 0) is 29.6 Å². The monoisotopic (exact) mass is 278 g/mol. The van der Waals surface area contributed by atoms with Crippen LogP contribution in [0.5, 0.6) is 0 Å². The number of halogens is 1. The third-order valence-corrected chi connectivity index (χ3v) is 3.00. The van der Waals surface area contributed by atoms with Gasteiger partial charge in [-0.15, -0.1) is 0 Å². The molecule has 4 nitrogen and oxygen atoms in total. The number of carbonyl (C=O) groups is 2. The molecule has 0 spiro atoms. The van der Waals surface area contributed by atoms with Crippen molar-refractivity contribution in [2.45, 2.75) is 6.92 Å². The molecule has 0 atom stereocenters. The van der Waals surface area contributed by atoms with E-state index >= 15 is 0 Å². The average molecular weight is 278 g/mol. The number of amides is 2. The number of carbonyl (C=O) groups excluding carboxylic acids is 2. The fraction of sp³-hybridized carbons (Fsp3) is 0.0769. The predicted molar refractivity (Wildman–Crippen MR) is 73.0 cm³/mol. The first-order chi connectivity index (χ1) is 9.06. The Morgan fingerprint density at radius 2 is 2.00 bits per heavy atom. The second-order valence-corrected chi connectivity index (χ2v) is 4.62. The van der Waals surface area contributed by atoms with Gasteiger partial charge in [0, 0.05) is 18.0 Å². The van der Waals surface area contributed by atoms with Gasteiger partial charge < -0.3 is 10.6 Å². The van der Waals surface area contributed by atoms with Crippen molar-refractivity contribution in [3.05, 3.63) is 46.4 Å². The lowest BCUT2D eigenvalue weighted by Crippen LogP contribution is -2.13. The van der Waals surface area contributed by atoms with Gasteiger partial charge in [-0.25, -0.2) is 4.39 Å². The molecule has 0 bridgehead atoms. The maximum Gasteiger partial charge on any atom is 0.256 e. The molecule has 98 valence electrons. The molecule has 0 aliphatic carbocycles. The zero-order valence-electron chi connectivity index (χ0n) is 10.1. The lowest BCUT2D eigenvalue weighted by atomic mass is 10.2. The lowest BCUT2D eigenvalue weighted by molar-refractivity contribution is -0.114. The standard InChI is InChI=1S/C13H11FN2O2S/c1-8(17)15-10-2-3-11(14)12(6-10)16-13(18)9-4-5-19-7-9/h2-7H,1H3,(H,15,17)(H,16,18). The molecule has 1 heterocycles. The summed E-state index contributed by atoms with van der Waals surface area (Å²) in [6.07, 6.45) is 0. The minimum absolute atomic E-state index is 0.0300. The number of nitrogens with one attached hydrogen (secondary N) is 2. The van der Waals surface area contributed by atoms with Gasteiger partial charge in [-0.2, -0.15) is 11.3 Å². The Kier molecular flexibility index (Phi) is 3.91. The summed E-state index contributed by atoms with van der Waals surface area (Å²) >= 11 is 1.38. The minimum atomic E-state index is -0.558. The van der Waals surface area contributed by atoms with E-state index in [1.807, 2.05) is 0 Å². The highest BCUT2D eigenvalue weighted by Crippen LogP contribution is 2.20. The Hall–Kier alpha value is -2.21. The van der Waals surface area contributed by atoms with Crippen LogP contribution in [-0.4, -0.2) is 11.8 Å². The maximum absolute atomic E-state index is 13.6. The third kappa shape index (κ3) is 3.38. The fourth-order valence-electron chi connectivity index (χ4n) is 1.49. The number of anilines is 2. The van der Waals surface area contributed by atoms with Crippen LogP contribution in [0.4, 0.5) is 15.8 Å². The van der Waals surface area contributed by atoms with Gasteiger partial charge in [-0.3, -0.25) is 9.59 Å². The van der Waals surface area contributed by atoms with E-state index in [9.17, 15) is 14.0 Å². The highest BCUT2D eigenvalue weighted by atomic mass is 32.1. The van der Waals surface area contributed by atoms with Crippen molar-refractivity contribution in [1.29, 1.82) is 0 Å². The van der Waals surface area contributed by atoms with Gasteiger partial charge in [0.25, 0.3) is 5.91 Å². The molecule has 0 saturated heterocycles. The molecule has 2 N–H and O–H groups in total. The molecular weight excluding hydrogens is 267 g/mol. The summed E-state index contributed by atoms with van der Waals surface area (Å²) in [5.41, 5.74) is 0.922. The summed E-state index contributed by atoms with van der Waals surface area (Å²) in [5.74, 6) is -1.21. The number of hydrogen-bond acceptors (Lipinski definition) is 3. The molecule has 0 radical (unpaired) electrons. The Bertz CT molecular complexity index is 611. The molecule has 0 saturated carbocycles. The zero-order chi connectivity index (χ0) is 13.8. The molecule has 2 rings (SSSR count). The fourth-order valence-corrected chi connectivity index (χ4v) is 2.13. The Morgan fingerprint density at radius 3 is 2.63 bits per heavy atom. The number of hydrogen-bond donors (Lipinski definition) is 2. The van der Waals surface area contributed by atoms with Crippen LogP contribution in [0.15, 0.2) is 35.0 Å². The molecule has 2 aromatic rings. The quantitative estimate of drug-likeness (QED) is 0.906. The molecule has 0 aliphatic heterocycles. The Morgan fingerprint density at radius 1 is 1.21 bits per heavy atom. The summed E-state index contributed by atoms with van der Waals surface area (Å²) in [5, 5.41) is 8.43. The molecule has 1 aromatic heterocycles. The van der Waals surface area contributed by atoms with Crippen LogP contribution in [0, 0.1) is 5.82 Å². The summed E-state index contributed by atoms with van der Waals surface area (Å²) in [6, 6.07) is 5.64. The SMILES string of the molecule is CC(=O)Nc1ccc(F)c(NC(=O)c2ccsc2)c1. The second-order valence-electron chi connectivity index (χ2n) is 3.84. The summed E-state index contributed by atoms with van der Waals surface area (Å²) < 4.78 is 13.6. The van der Waals surface area contributed by atoms with Gasteiger partial charge >= 0.3 is 0 Å². The van der Waals surface area contributed by atoms with Gasteiger partial charge in [0.1, 0.15) is 5.82 Å². The molecule has 6 heteroatoms. The van der Waals surface area contributed by atoms with E-state index < -0.39 is 5.82 Å². The number of rotatable bonds is 3. The molecule has 0 unspecified atom stereocenters. The van der Waals surface area contributed by atoms with Crippen molar-refractivity contribution in [1.82, 2.24) is 0 Å². The van der Waals surface area contributed by atoms with Gasteiger partial charge in [0.05, 0.1) is 11.3 Å². The molecule has 2 amide bonds. The number of benzene rings is 1. The smallest absolute Gasteiger partial charge is 0.256 e. The van der Waals surface area contributed by atoms with Crippen molar-refractivity contribution in [3.63, 3.8) is 0 Å². The highest BCUT2D eigenvalue weighted by molar-refractivity contribution is 7.08. The van der Waals surface area contributed by atoms with Crippen molar-refractivity contribution >= 4 is 34.5 Å². The Balaban J connectivity index is 2.19. The summed E-state index contributed by atoms with van der Waals surface area (Å²) in [6.45, 7) is 1.35. The summed E-state index contributed by atoms with van der Waals surface area (Å²) in [7, 11) is 0. The van der Waals surface area contributed by atoms with Crippen LogP contribution >= 0.6 is 11.3 Å². The van der Waals surface area contributed by atoms with E-state index in [1.54, 1.807) is 16.8 Å². The van der Waals surface area contributed by atoms with E-state index in [0.717, 1.165) is 0 Å². The topological polar surface area (TPSA) is 58.2 Å². The minimum Gasteiger partial charge on any atom is -0.326 e. The molecular formula is C13H11FN2O2S. The van der Waals surface area contributed by atoms with Crippen LogP contribution in [0.1, 0.15) is 17.3 Å². The van der Waals surface area contributed by atoms with Gasteiger partial charge in [0.2, 0.25) is 5.91 Å². The molecule has 0 fully saturated rings. The van der Waals surface area contributed by atoms with Crippen LogP contribution in [0.25, 0.3) is 0 Å². The van der Waals surface area contributed by atoms with Crippen LogP contribution < -0.4 is 10.6 Å².